The lowest BCUT2D eigenvalue weighted by atomic mass is 9.96. The molecule has 0 aliphatic heterocycles. The number of rotatable bonds is 2. The van der Waals surface area contributed by atoms with Gasteiger partial charge in [0.2, 0.25) is 0 Å². The Bertz CT molecular complexity index is 319. The largest absolute Gasteiger partial charge is 0.313 e. The molecule has 1 N–H and O–H groups in total. The Labute approximate surface area is 86.1 Å². The predicted octanol–water partition coefficient (Wildman–Crippen LogP) is 2.11. The molecule has 0 aromatic heterocycles. The third kappa shape index (κ3) is 2.20. The molecule has 0 saturated carbocycles. The average Bonchev–Trinajstić information content (AvgIpc) is 2.26. The standard InChI is InChI=1S/C12H18N2/c1-5-10-8-11(9(2)13-3)6-7-12(10)14-4/h5-9,13H,1-4H3/b10-5-,14-12?. The van der Waals surface area contributed by atoms with Crippen molar-refractivity contribution in [2.24, 2.45) is 4.99 Å². The van der Waals surface area contributed by atoms with Gasteiger partial charge >= 0.3 is 0 Å². The van der Waals surface area contributed by atoms with E-state index >= 15 is 0 Å². The van der Waals surface area contributed by atoms with Gasteiger partial charge in [0, 0.05) is 13.1 Å². The van der Waals surface area contributed by atoms with Crippen molar-refractivity contribution in [2.45, 2.75) is 19.9 Å². The number of likely N-dealkylation sites (N-methyl/N-ethyl adjacent to an activating group) is 1. The second-order valence-electron chi connectivity index (χ2n) is 3.34. The number of nitrogens with one attached hydrogen (secondary N) is 1. The van der Waals surface area contributed by atoms with E-state index in [0.717, 1.165) is 5.71 Å². The fourth-order valence-corrected chi connectivity index (χ4v) is 1.44. The smallest absolute Gasteiger partial charge is 0.0640 e. The summed E-state index contributed by atoms with van der Waals surface area (Å²) in [6.07, 6.45) is 8.46. The molecule has 2 heteroatoms. The predicted molar refractivity (Wildman–Crippen MR) is 62.9 cm³/mol. The highest BCUT2D eigenvalue weighted by atomic mass is 14.9. The summed E-state index contributed by atoms with van der Waals surface area (Å²) in [6.45, 7) is 4.19. The lowest BCUT2D eigenvalue weighted by Crippen LogP contribution is -2.24. The van der Waals surface area contributed by atoms with Gasteiger partial charge in [-0.05, 0) is 44.2 Å². The van der Waals surface area contributed by atoms with E-state index in [1.54, 1.807) is 0 Å². The molecule has 1 aliphatic carbocycles. The van der Waals surface area contributed by atoms with E-state index in [-0.39, 0.29) is 0 Å². The lowest BCUT2D eigenvalue weighted by Gasteiger charge is -2.16. The highest BCUT2D eigenvalue weighted by Gasteiger charge is 2.10. The van der Waals surface area contributed by atoms with Crippen LogP contribution in [0.2, 0.25) is 0 Å². The van der Waals surface area contributed by atoms with Crippen molar-refractivity contribution in [1.82, 2.24) is 5.32 Å². The van der Waals surface area contributed by atoms with Crippen LogP contribution in [0.4, 0.5) is 0 Å². The first-order valence-corrected chi connectivity index (χ1v) is 4.93. The molecular formula is C12H18N2. The summed E-state index contributed by atoms with van der Waals surface area (Å²) in [5.74, 6) is 0. The van der Waals surface area contributed by atoms with Crippen LogP contribution in [0.3, 0.4) is 0 Å². The second-order valence-corrected chi connectivity index (χ2v) is 3.34. The first kappa shape index (κ1) is 10.9. The molecule has 1 rings (SSSR count). The van der Waals surface area contributed by atoms with Gasteiger partial charge in [0.15, 0.2) is 0 Å². The van der Waals surface area contributed by atoms with Gasteiger partial charge < -0.3 is 5.32 Å². The molecule has 0 saturated heterocycles. The highest BCUT2D eigenvalue weighted by Crippen LogP contribution is 2.16. The molecule has 1 unspecified atom stereocenters. The lowest BCUT2D eigenvalue weighted by molar-refractivity contribution is 0.705. The number of hydrogen-bond acceptors (Lipinski definition) is 2. The maximum absolute atomic E-state index is 4.22. The van der Waals surface area contributed by atoms with E-state index in [0.29, 0.717) is 6.04 Å². The minimum atomic E-state index is 0.389. The first-order chi connectivity index (χ1) is 6.72. The Kier molecular flexibility index (Phi) is 3.84. The molecule has 76 valence electrons. The third-order valence-electron chi connectivity index (χ3n) is 2.54. The molecule has 0 aromatic rings. The van der Waals surface area contributed by atoms with E-state index in [9.17, 15) is 0 Å². The Morgan fingerprint density at radius 2 is 2.14 bits per heavy atom. The number of hydrogen-bond donors (Lipinski definition) is 1. The molecule has 1 atom stereocenters. The third-order valence-corrected chi connectivity index (χ3v) is 2.54. The molecule has 0 bridgehead atoms. The van der Waals surface area contributed by atoms with Crippen molar-refractivity contribution in [3.8, 4) is 0 Å². The Morgan fingerprint density at radius 1 is 1.43 bits per heavy atom. The zero-order valence-corrected chi connectivity index (χ0v) is 9.33. The SMILES string of the molecule is C/C=C1/C=C(C(C)NC)C=CC1=NC. The minimum Gasteiger partial charge on any atom is -0.313 e. The molecule has 2 nitrogen and oxygen atoms in total. The van der Waals surface area contributed by atoms with Crippen molar-refractivity contribution < 1.29 is 0 Å². The molecule has 0 heterocycles. The van der Waals surface area contributed by atoms with Gasteiger partial charge in [0.1, 0.15) is 0 Å². The van der Waals surface area contributed by atoms with Crippen molar-refractivity contribution in [1.29, 1.82) is 0 Å². The fraction of sp³-hybridized carbons (Fsp3) is 0.417. The van der Waals surface area contributed by atoms with Crippen molar-refractivity contribution in [3.63, 3.8) is 0 Å². The first-order valence-electron chi connectivity index (χ1n) is 4.93. The molecule has 0 aromatic carbocycles. The van der Waals surface area contributed by atoms with Crippen LogP contribution in [0, 0.1) is 0 Å². The molecular weight excluding hydrogens is 172 g/mol. The van der Waals surface area contributed by atoms with Crippen molar-refractivity contribution in [2.75, 3.05) is 14.1 Å². The molecule has 0 radical (unpaired) electrons. The van der Waals surface area contributed by atoms with Crippen LogP contribution in [0.15, 0.2) is 40.4 Å². The fourth-order valence-electron chi connectivity index (χ4n) is 1.44. The van der Waals surface area contributed by atoms with E-state index in [2.05, 4.69) is 41.5 Å². The summed E-state index contributed by atoms with van der Waals surface area (Å²) < 4.78 is 0. The quantitative estimate of drug-likeness (QED) is 0.708. The van der Waals surface area contributed by atoms with Crippen molar-refractivity contribution >= 4 is 5.71 Å². The highest BCUT2D eigenvalue weighted by molar-refractivity contribution is 6.11. The van der Waals surface area contributed by atoms with Gasteiger partial charge in [-0.1, -0.05) is 12.2 Å². The molecule has 0 spiro atoms. The van der Waals surface area contributed by atoms with Crippen LogP contribution in [0.1, 0.15) is 13.8 Å². The summed E-state index contributed by atoms with van der Waals surface area (Å²) in [4.78, 5) is 4.22. The van der Waals surface area contributed by atoms with E-state index < -0.39 is 0 Å². The summed E-state index contributed by atoms with van der Waals surface area (Å²) in [5, 5.41) is 3.23. The van der Waals surface area contributed by atoms with Crippen LogP contribution < -0.4 is 5.32 Å². The summed E-state index contributed by atoms with van der Waals surface area (Å²) in [5.41, 5.74) is 3.56. The maximum atomic E-state index is 4.22. The van der Waals surface area contributed by atoms with E-state index in [1.165, 1.54) is 11.1 Å². The van der Waals surface area contributed by atoms with Crippen molar-refractivity contribution in [3.05, 3.63) is 35.5 Å². The Hall–Kier alpha value is -1.15. The van der Waals surface area contributed by atoms with Crippen LogP contribution in [0.5, 0.6) is 0 Å². The Morgan fingerprint density at radius 3 is 2.64 bits per heavy atom. The van der Waals surface area contributed by atoms with Crippen LogP contribution in [0.25, 0.3) is 0 Å². The van der Waals surface area contributed by atoms with Gasteiger partial charge in [-0.3, -0.25) is 4.99 Å². The van der Waals surface area contributed by atoms with E-state index in [1.807, 2.05) is 21.0 Å². The molecule has 0 fully saturated rings. The average molecular weight is 190 g/mol. The molecule has 0 amide bonds. The zero-order valence-electron chi connectivity index (χ0n) is 9.33. The zero-order chi connectivity index (χ0) is 10.6. The molecule has 1 aliphatic rings. The number of allylic oxidation sites excluding steroid dienone is 4. The topological polar surface area (TPSA) is 24.4 Å². The van der Waals surface area contributed by atoms with Gasteiger partial charge in [-0.2, -0.15) is 0 Å². The van der Waals surface area contributed by atoms with Crippen LogP contribution >= 0.6 is 0 Å². The van der Waals surface area contributed by atoms with Gasteiger partial charge in [0.25, 0.3) is 0 Å². The molecule has 14 heavy (non-hydrogen) atoms. The van der Waals surface area contributed by atoms with Crippen LogP contribution in [-0.4, -0.2) is 25.8 Å². The number of nitrogens with zero attached hydrogens (tertiary/aromatic N) is 1. The minimum absolute atomic E-state index is 0.389. The van der Waals surface area contributed by atoms with Crippen LogP contribution in [-0.2, 0) is 0 Å². The monoisotopic (exact) mass is 190 g/mol. The second kappa shape index (κ2) is 4.91. The summed E-state index contributed by atoms with van der Waals surface area (Å²) >= 11 is 0. The normalized spacial score (nSPS) is 24.1. The Balaban J connectivity index is 2.96. The van der Waals surface area contributed by atoms with Gasteiger partial charge in [0.05, 0.1) is 5.71 Å². The van der Waals surface area contributed by atoms with E-state index in [4.69, 9.17) is 0 Å². The van der Waals surface area contributed by atoms with Gasteiger partial charge in [-0.25, -0.2) is 0 Å². The number of aliphatic imine (C=N–C) groups is 1. The summed E-state index contributed by atoms with van der Waals surface area (Å²) in [7, 11) is 3.79. The van der Waals surface area contributed by atoms with Gasteiger partial charge in [-0.15, -0.1) is 0 Å². The summed E-state index contributed by atoms with van der Waals surface area (Å²) in [6, 6.07) is 0.389. The maximum Gasteiger partial charge on any atom is 0.0640 e.